The summed E-state index contributed by atoms with van der Waals surface area (Å²) in [6, 6.07) is 17.2. The van der Waals surface area contributed by atoms with Gasteiger partial charge in [-0.15, -0.1) is 0 Å². The Balaban J connectivity index is 1.48. The molecule has 0 N–H and O–H groups in total. The van der Waals surface area contributed by atoms with Crippen molar-refractivity contribution in [1.29, 1.82) is 0 Å². The maximum Gasteiger partial charge on any atom is 0.274 e. The number of aromatic nitrogens is 2. The predicted molar refractivity (Wildman–Crippen MR) is 131 cm³/mol. The first kappa shape index (κ1) is 23.8. The van der Waals surface area contributed by atoms with Gasteiger partial charge in [0.25, 0.3) is 5.91 Å². The largest absolute Gasteiger partial charge is 0.490 e. The van der Waals surface area contributed by atoms with Crippen LogP contribution in [0.4, 0.5) is 0 Å². The van der Waals surface area contributed by atoms with Crippen LogP contribution in [0, 0.1) is 5.92 Å². The Bertz CT molecular complexity index is 1130. The predicted octanol–water partition coefficient (Wildman–Crippen LogP) is 4.03. The van der Waals surface area contributed by atoms with Gasteiger partial charge in [0, 0.05) is 63.7 Å². The molecular weight excluding hydrogens is 452 g/mol. The number of nitrogens with zero attached hydrogens (tertiary/aromatic N) is 4. The molecule has 0 radical (unpaired) electrons. The van der Waals surface area contributed by atoms with Gasteiger partial charge in [0.2, 0.25) is 5.91 Å². The summed E-state index contributed by atoms with van der Waals surface area (Å²) < 4.78 is 8.02. The Morgan fingerprint density at radius 1 is 1.18 bits per heavy atom. The van der Waals surface area contributed by atoms with Crippen molar-refractivity contribution in [3.8, 4) is 5.75 Å². The van der Waals surface area contributed by atoms with Gasteiger partial charge in [-0.05, 0) is 23.8 Å². The van der Waals surface area contributed by atoms with Gasteiger partial charge < -0.3 is 19.1 Å². The van der Waals surface area contributed by atoms with E-state index in [4.69, 9.17) is 16.3 Å². The summed E-state index contributed by atoms with van der Waals surface area (Å²) in [7, 11) is 3.64. The number of hydrogen-bond donors (Lipinski definition) is 0. The van der Waals surface area contributed by atoms with Crippen LogP contribution in [-0.2, 0) is 18.4 Å². The molecule has 0 unspecified atom stereocenters. The van der Waals surface area contributed by atoms with Gasteiger partial charge in [-0.2, -0.15) is 0 Å². The van der Waals surface area contributed by atoms with Crippen molar-refractivity contribution in [3.63, 3.8) is 0 Å². The lowest BCUT2D eigenvalue weighted by Crippen LogP contribution is -2.49. The van der Waals surface area contributed by atoms with Gasteiger partial charge in [-0.25, -0.2) is 4.98 Å². The van der Waals surface area contributed by atoms with Crippen LogP contribution in [0.5, 0.6) is 5.75 Å². The zero-order valence-corrected chi connectivity index (χ0v) is 20.2. The second kappa shape index (κ2) is 10.7. The molecule has 0 saturated carbocycles. The van der Waals surface area contributed by atoms with Crippen molar-refractivity contribution >= 4 is 23.4 Å². The molecule has 1 aliphatic heterocycles. The van der Waals surface area contributed by atoms with E-state index in [-0.39, 0.29) is 30.3 Å². The fraction of sp³-hybridized carbons (Fsp3) is 0.346. The van der Waals surface area contributed by atoms with E-state index in [1.165, 1.54) is 0 Å². The summed E-state index contributed by atoms with van der Waals surface area (Å²) in [5.74, 6) is 0.390. The van der Waals surface area contributed by atoms with Gasteiger partial charge in [-0.3, -0.25) is 9.59 Å². The molecule has 0 aliphatic carbocycles. The summed E-state index contributed by atoms with van der Waals surface area (Å²) in [5, 5.41) is 0.593. The summed E-state index contributed by atoms with van der Waals surface area (Å²) in [6.45, 7) is 1.49. The molecule has 2 heterocycles. The maximum absolute atomic E-state index is 13.1. The van der Waals surface area contributed by atoms with Crippen molar-refractivity contribution in [2.75, 3.05) is 20.1 Å². The van der Waals surface area contributed by atoms with Crippen LogP contribution in [0.2, 0.25) is 5.02 Å². The molecule has 3 aromatic rings. The van der Waals surface area contributed by atoms with Crippen molar-refractivity contribution < 1.29 is 14.3 Å². The highest BCUT2D eigenvalue weighted by atomic mass is 35.5. The lowest BCUT2D eigenvalue weighted by molar-refractivity contribution is -0.132. The van der Waals surface area contributed by atoms with Crippen LogP contribution in [-0.4, -0.2) is 57.4 Å². The van der Waals surface area contributed by atoms with Gasteiger partial charge in [0.05, 0.1) is 6.33 Å². The average Bonchev–Trinajstić information content (AvgIpc) is 3.26. The minimum atomic E-state index is -0.208. The van der Waals surface area contributed by atoms with Crippen molar-refractivity contribution in [2.24, 2.45) is 13.0 Å². The first-order valence-corrected chi connectivity index (χ1v) is 11.7. The van der Waals surface area contributed by atoms with E-state index < -0.39 is 0 Å². The third kappa shape index (κ3) is 5.97. The number of likely N-dealkylation sites (tertiary alicyclic amines) is 1. The zero-order valence-electron chi connectivity index (χ0n) is 19.4. The van der Waals surface area contributed by atoms with Gasteiger partial charge in [0.15, 0.2) is 0 Å². The average molecular weight is 481 g/mol. The van der Waals surface area contributed by atoms with Crippen molar-refractivity contribution in [3.05, 3.63) is 83.4 Å². The molecule has 7 nitrogen and oxygen atoms in total. The first-order chi connectivity index (χ1) is 16.4. The fourth-order valence-electron chi connectivity index (χ4n) is 4.27. The summed E-state index contributed by atoms with van der Waals surface area (Å²) >= 11 is 6.13. The molecule has 4 rings (SSSR count). The maximum atomic E-state index is 13.1. The van der Waals surface area contributed by atoms with E-state index in [0.717, 1.165) is 5.56 Å². The number of halogens is 1. The number of piperidine rings is 1. The molecule has 1 aromatic heterocycles. The molecule has 0 spiro atoms. The fourth-order valence-corrected chi connectivity index (χ4v) is 4.45. The van der Waals surface area contributed by atoms with Crippen LogP contribution in [0.1, 0.15) is 28.9 Å². The van der Waals surface area contributed by atoms with E-state index in [2.05, 4.69) is 4.98 Å². The Morgan fingerprint density at radius 3 is 2.68 bits per heavy atom. The van der Waals surface area contributed by atoms with Crippen molar-refractivity contribution in [2.45, 2.75) is 25.5 Å². The minimum Gasteiger partial charge on any atom is -0.490 e. The Labute approximate surface area is 204 Å². The number of imidazole rings is 1. The molecule has 2 atom stereocenters. The second-order valence-corrected chi connectivity index (χ2v) is 9.21. The molecule has 178 valence electrons. The zero-order chi connectivity index (χ0) is 24.1. The Kier molecular flexibility index (Phi) is 7.53. The van der Waals surface area contributed by atoms with Crippen LogP contribution >= 0.6 is 11.6 Å². The van der Waals surface area contributed by atoms with Crippen LogP contribution < -0.4 is 4.74 Å². The molecule has 1 fully saturated rings. The lowest BCUT2D eigenvalue weighted by Gasteiger charge is -2.38. The summed E-state index contributed by atoms with van der Waals surface area (Å²) in [5.41, 5.74) is 1.48. The van der Waals surface area contributed by atoms with E-state index in [0.29, 0.717) is 42.5 Å². The normalized spacial score (nSPS) is 17.9. The summed E-state index contributed by atoms with van der Waals surface area (Å²) in [4.78, 5) is 33.9. The molecule has 0 bridgehead atoms. The quantitative estimate of drug-likeness (QED) is 0.512. The second-order valence-electron chi connectivity index (χ2n) is 8.78. The highest BCUT2D eigenvalue weighted by Crippen LogP contribution is 2.28. The van der Waals surface area contributed by atoms with E-state index in [1.807, 2.05) is 56.6 Å². The molecule has 34 heavy (non-hydrogen) atoms. The third-order valence-corrected chi connectivity index (χ3v) is 6.32. The number of aryl methyl sites for hydroxylation is 1. The van der Waals surface area contributed by atoms with Gasteiger partial charge >= 0.3 is 0 Å². The van der Waals surface area contributed by atoms with Crippen LogP contribution in [0.3, 0.4) is 0 Å². The number of hydrogen-bond acceptors (Lipinski definition) is 4. The molecule has 8 heteroatoms. The highest BCUT2D eigenvalue weighted by Gasteiger charge is 2.35. The lowest BCUT2D eigenvalue weighted by atomic mass is 9.90. The van der Waals surface area contributed by atoms with Crippen LogP contribution in [0.15, 0.2) is 67.1 Å². The minimum absolute atomic E-state index is 0.0145. The number of carbonyl (C=O) groups is 2. The Morgan fingerprint density at radius 2 is 1.97 bits per heavy atom. The van der Waals surface area contributed by atoms with E-state index in [9.17, 15) is 9.59 Å². The number of carbonyl (C=O) groups excluding carboxylic acids is 2. The molecule has 2 aromatic carbocycles. The first-order valence-electron chi connectivity index (χ1n) is 11.4. The summed E-state index contributed by atoms with van der Waals surface area (Å²) in [6.07, 6.45) is 4.01. The number of benzene rings is 2. The molecular formula is C26H29ClN4O3. The molecule has 1 saturated heterocycles. The van der Waals surface area contributed by atoms with Crippen LogP contribution in [0.25, 0.3) is 0 Å². The highest BCUT2D eigenvalue weighted by molar-refractivity contribution is 6.30. The van der Waals surface area contributed by atoms with Gasteiger partial charge in [-0.1, -0.05) is 48.0 Å². The number of amides is 2. The molecule has 2 amide bonds. The van der Waals surface area contributed by atoms with Crippen molar-refractivity contribution in [1.82, 2.24) is 19.4 Å². The molecule has 1 aliphatic rings. The standard InChI is InChI=1S/C26H29ClN4O3/c1-29-17-23(28-18-29)26(33)31-12-11-24(34-22-10-6-9-21(27)14-22)20(16-31)13-25(32)30(2)15-19-7-4-3-5-8-19/h3-10,14,17-18,20,24H,11-13,15-16H2,1-2H3/t20-,24-/m0/s1. The number of rotatable bonds is 7. The topological polar surface area (TPSA) is 67.7 Å². The van der Waals surface area contributed by atoms with Gasteiger partial charge in [0.1, 0.15) is 17.5 Å². The van der Waals surface area contributed by atoms with E-state index >= 15 is 0 Å². The number of ether oxygens (including phenoxy) is 1. The smallest absolute Gasteiger partial charge is 0.274 e. The SMILES string of the molecule is CN(Cc1ccccc1)C(=O)C[C@H]1CN(C(=O)c2cn(C)cn2)CC[C@@H]1Oc1cccc(Cl)c1. The third-order valence-electron chi connectivity index (χ3n) is 6.08. The monoisotopic (exact) mass is 480 g/mol. The van der Waals surface area contributed by atoms with E-state index in [1.54, 1.807) is 39.0 Å². The Hall–Kier alpha value is -3.32.